The van der Waals surface area contributed by atoms with Crippen LogP contribution in [0.3, 0.4) is 0 Å². The summed E-state index contributed by atoms with van der Waals surface area (Å²) in [5, 5.41) is 2.71. The van der Waals surface area contributed by atoms with E-state index in [2.05, 4.69) is 11.9 Å². The van der Waals surface area contributed by atoms with E-state index in [0.717, 1.165) is 23.4 Å². The molecule has 1 heterocycles. The van der Waals surface area contributed by atoms with Crippen molar-refractivity contribution in [2.24, 2.45) is 5.73 Å². The van der Waals surface area contributed by atoms with Crippen LogP contribution in [0.5, 0.6) is 10.9 Å². The molecule has 0 saturated carbocycles. The fraction of sp³-hybridized carbons (Fsp3) is 0.250. The van der Waals surface area contributed by atoms with Gasteiger partial charge in [-0.05, 0) is 24.1 Å². The Hall–Kier alpha value is -1.39. The zero-order valence-corrected chi connectivity index (χ0v) is 9.96. The molecule has 2 rings (SSSR count). The van der Waals surface area contributed by atoms with Crippen LogP contribution in [0.25, 0.3) is 0 Å². The lowest BCUT2D eigenvalue weighted by atomic mass is 10.2. The molecule has 0 aliphatic carbocycles. The second kappa shape index (κ2) is 5.09. The Morgan fingerprint density at radius 2 is 2.06 bits per heavy atom. The summed E-state index contributed by atoms with van der Waals surface area (Å²) in [6, 6.07) is 7.75. The molecule has 1 aromatic heterocycles. The SMILES string of the molecule is CCc1csc(Oc2ccc(CN)cc2)n1. The van der Waals surface area contributed by atoms with Gasteiger partial charge in [0, 0.05) is 11.9 Å². The number of thiazole rings is 1. The molecular formula is C12H14N2OS. The van der Waals surface area contributed by atoms with Crippen molar-refractivity contribution in [2.45, 2.75) is 19.9 Å². The van der Waals surface area contributed by atoms with Gasteiger partial charge in [-0.2, -0.15) is 0 Å². The maximum atomic E-state index is 5.63. The van der Waals surface area contributed by atoms with Crippen LogP contribution in [0.1, 0.15) is 18.2 Å². The Bertz CT molecular complexity index is 450. The van der Waals surface area contributed by atoms with E-state index in [4.69, 9.17) is 10.5 Å². The number of nitrogens with zero attached hydrogens (tertiary/aromatic N) is 1. The lowest BCUT2D eigenvalue weighted by Crippen LogP contribution is -1.95. The van der Waals surface area contributed by atoms with Crippen LogP contribution in [0, 0.1) is 0 Å². The van der Waals surface area contributed by atoms with Crippen molar-refractivity contribution >= 4 is 11.3 Å². The molecule has 2 N–H and O–H groups in total. The fourth-order valence-electron chi connectivity index (χ4n) is 1.29. The normalized spacial score (nSPS) is 10.4. The topological polar surface area (TPSA) is 48.1 Å². The predicted molar refractivity (Wildman–Crippen MR) is 65.9 cm³/mol. The van der Waals surface area contributed by atoms with E-state index in [1.165, 1.54) is 11.3 Å². The van der Waals surface area contributed by atoms with Gasteiger partial charge < -0.3 is 10.5 Å². The van der Waals surface area contributed by atoms with Crippen molar-refractivity contribution < 1.29 is 4.74 Å². The van der Waals surface area contributed by atoms with Crippen molar-refractivity contribution in [3.05, 3.63) is 40.9 Å². The Balaban J connectivity index is 2.08. The lowest BCUT2D eigenvalue weighted by Gasteiger charge is -2.02. The van der Waals surface area contributed by atoms with E-state index in [1.807, 2.05) is 29.6 Å². The van der Waals surface area contributed by atoms with E-state index in [9.17, 15) is 0 Å². The van der Waals surface area contributed by atoms with E-state index in [1.54, 1.807) is 0 Å². The van der Waals surface area contributed by atoms with Gasteiger partial charge in [0.1, 0.15) is 5.75 Å². The minimum absolute atomic E-state index is 0.553. The van der Waals surface area contributed by atoms with Crippen LogP contribution >= 0.6 is 11.3 Å². The van der Waals surface area contributed by atoms with Crippen molar-refractivity contribution in [2.75, 3.05) is 0 Å². The van der Waals surface area contributed by atoms with Gasteiger partial charge >= 0.3 is 0 Å². The molecule has 0 fully saturated rings. The molecule has 0 bridgehead atoms. The van der Waals surface area contributed by atoms with Gasteiger partial charge in [0.25, 0.3) is 5.19 Å². The first-order valence-electron chi connectivity index (χ1n) is 5.23. The summed E-state index contributed by atoms with van der Waals surface area (Å²) in [6.07, 6.45) is 0.936. The third-order valence-corrected chi connectivity index (χ3v) is 3.02. The number of rotatable bonds is 4. The molecule has 1 aromatic carbocycles. The van der Waals surface area contributed by atoms with Gasteiger partial charge in [0.05, 0.1) is 5.69 Å². The number of nitrogens with two attached hydrogens (primary N) is 1. The second-order valence-electron chi connectivity index (χ2n) is 3.41. The van der Waals surface area contributed by atoms with Gasteiger partial charge in [0.2, 0.25) is 0 Å². The van der Waals surface area contributed by atoms with Crippen LogP contribution in [-0.4, -0.2) is 4.98 Å². The van der Waals surface area contributed by atoms with Crippen LogP contribution in [-0.2, 0) is 13.0 Å². The predicted octanol–water partition coefficient (Wildman–Crippen LogP) is 2.96. The smallest absolute Gasteiger partial charge is 0.278 e. The number of ether oxygens (including phenoxy) is 1. The minimum Gasteiger partial charge on any atom is -0.431 e. The standard InChI is InChI=1S/C12H14N2OS/c1-2-10-8-16-12(14-10)15-11-5-3-9(7-13)4-6-11/h3-6,8H,2,7,13H2,1H3. The summed E-state index contributed by atoms with van der Waals surface area (Å²) in [4.78, 5) is 4.34. The molecule has 3 nitrogen and oxygen atoms in total. The number of aromatic nitrogens is 1. The first kappa shape index (κ1) is 11.1. The zero-order chi connectivity index (χ0) is 11.4. The second-order valence-corrected chi connectivity index (χ2v) is 4.23. The molecule has 16 heavy (non-hydrogen) atoms. The number of aryl methyl sites for hydroxylation is 1. The van der Waals surface area contributed by atoms with Gasteiger partial charge in [0.15, 0.2) is 0 Å². The molecule has 2 aromatic rings. The first-order chi connectivity index (χ1) is 7.81. The van der Waals surface area contributed by atoms with E-state index in [-0.39, 0.29) is 0 Å². The summed E-state index contributed by atoms with van der Waals surface area (Å²) in [6.45, 7) is 2.63. The zero-order valence-electron chi connectivity index (χ0n) is 9.14. The molecule has 0 aliphatic heterocycles. The number of benzene rings is 1. The third-order valence-electron chi connectivity index (χ3n) is 2.26. The van der Waals surface area contributed by atoms with Crippen LogP contribution in [0.4, 0.5) is 0 Å². The summed E-state index contributed by atoms with van der Waals surface area (Å²) in [5.74, 6) is 0.800. The highest BCUT2D eigenvalue weighted by molar-refractivity contribution is 7.11. The average molecular weight is 234 g/mol. The summed E-state index contributed by atoms with van der Waals surface area (Å²) in [7, 11) is 0. The Morgan fingerprint density at radius 3 is 2.62 bits per heavy atom. The Morgan fingerprint density at radius 1 is 1.31 bits per heavy atom. The molecule has 0 radical (unpaired) electrons. The van der Waals surface area contributed by atoms with Gasteiger partial charge in [-0.15, -0.1) is 0 Å². The molecular weight excluding hydrogens is 220 g/mol. The fourth-order valence-corrected chi connectivity index (χ4v) is 2.06. The van der Waals surface area contributed by atoms with Crippen LogP contribution in [0.2, 0.25) is 0 Å². The molecule has 0 spiro atoms. The molecule has 0 saturated heterocycles. The Labute approximate surface area is 98.9 Å². The van der Waals surface area contributed by atoms with Crippen molar-refractivity contribution in [3.8, 4) is 10.9 Å². The van der Waals surface area contributed by atoms with Crippen LogP contribution in [0.15, 0.2) is 29.6 Å². The van der Waals surface area contributed by atoms with E-state index >= 15 is 0 Å². The first-order valence-corrected chi connectivity index (χ1v) is 6.11. The highest BCUT2D eigenvalue weighted by Gasteiger charge is 2.02. The monoisotopic (exact) mass is 234 g/mol. The molecule has 84 valence electrons. The van der Waals surface area contributed by atoms with E-state index in [0.29, 0.717) is 11.7 Å². The number of hydrogen-bond acceptors (Lipinski definition) is 4. The van der Waals surface area contributed by atoms with Gasteiger partial charge in [-0.25, -0.2) is 4.98 Å². The minimum atomic E-state index is 0.553. The molecule has 0 unspecified atom stereocenters. The Kier molecular flexibility index (Phi) is 3.54. The highest BCUT2D eigenvalue weighted by Crippen LogP contribution is 2.25. The summed E-state index contributed by atoms with van der Waals surface area (Å²) < 4.78 is 5.63. The maximum Gasteiger partial charge on any atom is 0.278 e. The van der Waals surface area contributed by atoms with Gasteiger partial charge in [-0.1, -0.05) is 30.4 Å². The quantitative estimate of drug-likeness (QED) is 0.884. The number of hydrogen-bond donors (Lipinski definition) is 1. The van der Waals surface area contributed by atoms with Gasteiger partial charge in [-0.3, -0.25) is 0 Å². The van der Waals surface area contributed by atoms with Crippen molar-refractivity contribution in [1.29, 1.82) is 0 Å². The third kappa shape index (κ3) is 2.59. The van der Waals surface area contributed by atoms with Crippen LogP contribution < -0.4 is 10.5 Å². The molecule has 0 aliphatic rings. The van der Waals surface area contributed by atoms with Crippen molar-refractivity contribution in [3.63, 3.8) is 0 Å². The molecule has 4 heteroatoms. The maximum absolute atomic E-state index is 5.63. The molecule has 0 atom stereocenters. The van der Waals surface area contributed by atoms with E-state index < -0.39 is 0 Å². The largest absolute Gasteiger partial charge is 0.431 e. The summed E-state index contributed by atoms with van der Waals surface area (Å²) in [5.41, 5.74) is 7.69. The average Bonchev–Trinajstić information content (AvgIpc) is 2.78. The van der Waals surface area contributed by atoms with Crippen molar-refractivity contribution in [1.82, 2.24) is 4.98 Å². The lowest BCUT2D eigenvalue weighted by molar-refractivity contribution is 0.477. The molecule has 0 amide bonds. The highest BCUT2D eigenvalue weighted by atomic mass is 32.1. The summed E-state index contributed by atoms with van der Waals surface area (Å²) >= 11 is 1.52.